The molecule has 0 rings (SSSR count). The van der Waals surface area contributed by atoms with Crippen molar-refractivity contribution in [3.63, 3.8) is 0 Å². The van der Waals surface area contributed by atoms with Crippen LogP contribution >= 0.6 is 0 Å². The molecule has 1 unspecified atom stereocenters. The Hall–Kier alpha value is -0.160. The fourth-order valence-corrected chi connectivity index (χ4v) is 1.17. The molecule has 0 saturated heterocycles. The average molecular weight is 205 g/mol. The quantitative estimate of drug-likeness (QED) is 0.552. The van der Waals surface area contributed by atoms with Crippen LogP contribution in [0.2, 0.25) is 0 Å². The summed E-state index contributed by atoms with van der Waals surface area (Å²) in [6.07, 6.45) is 0. The van der Waals surface area contributed by atoms with Gasteiger partial charge in [-0.1, -0.05) is 0 Å². The van der Waals surface area contributed by atoms with E-state index in [1.807, 2.05) is 6.92 Å². The standard InChI is InChI=1S/C10H23NO3/c1-5-14-9-10(8-13-4)11(2)6-7-12-3/h10H,5-9H2,1-4H3. The van der Waals surface area contributed by atoms with E-state index < -0.39 is 0 Å². The molecular weight excluding hydrogens is 182 g/mol. The molecule has 1 atom stereocenters. The Morgan fingerprint density at radius 1 is 1.14 bits per heavy atom. The van der Waals surface area contributed by atoms with Crippen LogP contribution in [0.5, 0.6) is 0 Å². The fraction of sp³-hybridized carbons (Fsp3) is 1.00. The van der Waals surface area contributed by atoms with Crippen molar-refractivity contribution in [2.24, 2.45) is 0 Å². The molecule has 0 bridgehead atoms. The normalized spacial score (nSPS) is 13.5. The Bertz CT molecular complexity index is 122. The minimum absolute atomic E-state index is 0.315. The summed E-state index contributed by atoms with van der Waals surface area (Å²) in [7, 11) is 5.48. The molecule has 0 radical (unpaired) electrons. The van der Waals surface area contributed by atoms with Crippen molar-refractivity contribution in [2.75, 3.05) is 54.2 Å². The second-order valence-electron chi connectivity index (χ2n) is 3.24. The third-order valence-corrected chi connectivity index (χ3v) is 2.14. The van der Waals surface area contributed by atoms with E-state index >= 15 is 0 Å². The predicted octanol–water partition coefficient (Wildman–Crippen LogP) is 0.616. The van der Waals surface area contributed by atoms with Gasteiger partial charge in [0.25, 0.3) is 0 Å². The van der Waals surface area contributed by atoms with Crippen molar-refractivity contribution in [3.8, 4) is 0 Å². The van der Waals surface area contributed by atoms with E-state index in [0.29, 0.717) is 19.3 Å². The smallest absolute Gasteiger partial charge is 0.0644 e. The van der Waals surface area contributed by atoms with E-state index in [1.54, 1.807) is 14.2 Å². The molecule has 0 aromatic heterocycles. The summed E-state index contributed by atoms with van der Waals surface area (Å²) in [5.74, 6) is 0. The molecule has 0 saturated carbocycles. The topological polar surface area (TPSA) is 30.9 Å². The summed E-state index contributed by atoms with van der Waals surface area (Å²) in [5.41, 5.74) is 0. The lowest BCUT2D eigenvalue weighted by Crippen LogP contribution is -2.40. The largest absolute Gasteiger partial charge is 0.383 e. The van der Waals surface area contributed by atoms with Gasteiger partial charge in [-0.15, -0.1) is 0 Å². The number of hydrogen-bond donors (Lipinski definition) is 0. The van der Waals surface area contributed by atoms with Gasteiger partial charge in [0.05, 0.1) is 25.9 Å². The van der Waals surface area contributed by atoms with E-state index in [9.17, 15) is 0 Å². The van der Waals surface area contributed by atoms with E-state index in [4.69, 9.17) is 14.2 Å². The highest BCUT2D eigenvalue weighted by Gasteiger charge is 2.13. The number of methoxy groups -OCH3 is 2. The molecule has 0 spiro atoms. The number of nitrogens with zero attached hydrogens (tertiary/aromatic N) is 1. The molecule has 86 valence electrons. The summed E-state index contributed by atoms with van der Waals surface area (Å²) in [4.78, 5) is 2.20. The Balaban J connectivity index is 3.77. The fourth-order valence-electron chi connectivity index (χ4n) is 1.17. The summed E-state index contributed by atoms with van der Waals surface area (Å²) >= 11 is 0. The molecule has 0 aromatic carbocycles. The maximum Gasteiger partial charge on any atom is 0.0644 e. The van der Waals surface area contributed by atoms with Gasteiger partial charge in [0, 0.05) is 27.4 Å². The second-order valence-corrected chi connectivity index (χ2v) is 3.24. The highest BCUT2D eigenvalue weighted by molar-refractivity contribution is 4.67. The van der Waals surface area contributed by atoms with Crippen LogP contribution in [0.3, 0.4) is 0 Å². The molecule has 4 nitrogen and oxygen atoms in total. The minimum atomic E-state index is 0.315. The molecule has 0 aromatic rings. The monoisotopic (exact) mass is 205 g/mol. The summed E-state index contributed by atoms with van der Waals surface area (Å²) < 4.78 is 15.5. The van der Waals surface area contributed by atoms with E-state index in [0.717, 1.165) is 19.8 Å². The van der Waals surface area contributed by atoms with E-state index in [-0.39, 0.29) is 0 Å². The maximum atomic E-state index is 5.39. The molecule has 0 N–H and O–H groups in total. The van der Waals surface area contributed by atoms with Crippen LogP contribution < -0.4 is 0 Å². The van der Waals surface area contributed by atoms with Crippen molar-refractivity contribution in [2.45, 2.75) is 13.0 Å². The van der Waals surface area contributed by atoms with Gasteiger partial charge < -0.3 is 14.2 Å². The highest BCUT2D eigenvalue weighted by atomic mass is 16.5. The first-order valence-corrected chi connectivity index (χ1v) is 5.02. The van der Waals surface area contributed by atoms with Gasteiger partial charge >= 0.3 is 0 Å². The third kappa shape index (κ3) is 6.32. The lowest BCUT2D eigenvalue weighted by Gasteiger charge is -2.26. The zero-order valence-electron chi connectivity index (χ0n) is 9.78. The lowest BCUT2D eigenvalue weighted by atomic mass is 10.3. The van der Waals surface area contributed by atoms with Gasteiger partial charge in [0.1, 0.15) is 0 Å². The molecule has 4 heteroatoms. The molecule has 0 aliphatic carbocycles. The van der Waals surface area contributed by atoms with Crippen LogP contribution in [0.1, 0.15) is 6.92 Å². The lowest BCUT2D eigenvalue weighted by molar-refractivity contribution is 0.0238. The summed E-state index contributed by atoms with van der Waals surface area (Å²) in [6.45, 7) is 5.79. The van der Waals surface area contributed by atoms with Crippen LogP contribution in [-0.2, 0) is 14.2 Å². The van der Waals surface area contributed by atoms with E-state index in [2.05, 4.69) is 11.9 Å². The maximum absolute atomic E-state index is 5.39. The van der Waals surface area contributed by atoms with E-state index in [1.165, 1.54) is 0 Å². The van der Waals surface area contributed by atoms with Gasteiger partial charge in [-0.25, -0.2) is 0 Å². The second kappa shape index (κ2) is 9.40. The van der Waals surface area contributed by atoms with Gasteiger partial charge in [0.15, 0.2) is 0 Å². The van der Waals surface area contributed by atoms with Crippen LogP contribution in [0.15, 0.2) is 0 Å². The molecule has 0 aliphatic heterocycles. The van der Waals surface area contributed by atoms with Gasteiger partial charge in [-0.3, -0.25) is 4.90 Å². The van der Waals surface area contributed by atoms with Crippen molar-refractivity contribution < 1.29 is 14.2 Å². The average Bonchev–Trinajstić information content (AvgIpc) is 2.20. The predicted molar refractivity (Wildman–Crippen MR) is 56.7 cm³/mol. The highest BCUT2D eigenvalue weighted by Crippen LogP contribution is 1.98. The number of hydrogen-bond acceptors (Lipinski definition) is 4. The molecular formula is C10H23NO3. The molecule has 0 fully saturated rings. The number of rotatable bonds is 9. The van der Waals surface area contributed by atoms with Crippen molar-refractivity contribution in [1.82, 2.24) is 4.90 Å². The van der Waals surface area contributed by atoms with Crippen molar-refractivity contribution in [3.05, 3.63) is 0 Å². The van der Waals surface area contributed by atoms with Crippen LogP contribution in [0, 0.1) is 0 Å². The van der Waals surface area contributed by atoms with Crippen molar-refractivity contribution in [1.29, 1.82) is 0 Å². The summed E-state index contributed by atoms with van der Waals surface area (Å²) in [5, 5.41) is 0. The van der Waals surface area contributed by atoms with Gasteiger partial charge in [0.2, 0.25) is 0 Å². The number of likely N-dealkylation sites (N-methyl/N-ethyl adjacent to an activating group) is 1. The first-order valence-electron chi connectivity index (χ1n) is 5.02. The first kappa shape index (κ1) is 13.8. The van der Waals surface area contributed by atoms with Crippen LogP contribution in [0.25, 0.3) is 0 Å². The number of ether oxygens (including phenoxy) is 3. The Kier molecular flexibility index (Phi) is 9.29. The molecule has 14 heavy (non-hydrogen) atoms. The zero-order chi connectivity index (χ0) is 10.8. The Morgan fingerprint density at radius 2 is 1.86 bits per heavy atom. The SMILES string of the molecule is CCOCC(COC)N(C)CCOC. The van der Waals surface area contributed by atoms with Crippen LogP contribution in [-0.4, -0.2) is 65.2 Å². The van der Waals surface area contributed by atoms with Crippen molar-refractivity contribution >= 4 is 0 Å². The summed E-state index contributed by atoms with van der Waals surface area (Å²) in [6, 6.07) is 0.315. The Labute approximate surface area is 87.1 Å². The van der Waals surface area contributed by atoms with Gasteiger partial charge in [-0.2, -0.15) is 0 Å². The van der Waals surface area contributed by atoms with Crippen LogP contribution in [0.4, 0.5) is 0 Å². The minimum Gasteiger partial charge on any atom is -0.383 e. The molecule has 0 aliphatic rings. The zero-order valence-corrected chi connectivity index (χ0v) is 9.78. The van der Waals surface area contributed by atoms with Gasteiger partial charge in [-0.05, 0) is 14.0 Å². The molecule has 0 heterocycles. The first-order chi connectivity index (χ1) is 6.76. The third-order valence-electron chi connectivity index (χ3n) is 2.14. The molecule has 0 amide bonds. The Morgan fingerprint density at radius 3 is 2.36 bits per heavy atom.